The van der Waals surface area contributed by atoms with Crippen LogP contribution in [0.1, 0.15) is 33.1 Å². The first-order chi connectivity index (χ1) is 6.24. The van der Waals surface area contributed by atoms with Crippen molar-refractivity contribution < 1.29 is 5.21 Å². The standard InChI is InChI=1S/C9H21N3O/c1-3-7-12(4-2)8-5-6-9(10)11-13/h13H,3-8H2,1-2H3,(H2,10,11). The quantitative estimate of drug-likeness (QED) is 0.273. The largest absolute Gasteiger partial charge is 0.409 e. The fourth-order valence-corrected chi connectivity index (χ4v) is 1.28. The molecule has 78 valence electrons. The highest BCUT2D eigenvalue weighted by atomic mass is 16.4. The Hall–Kier alpha value is -0.770. The van der Waals surface area contributed by atoms with Crippen molar-refractivity contribution in [2.75, 3.05) is 19.6 Å². The van der Waals surface area contributed by atoms with Crippen molar-refractivity contribution in [3.8, 4) is 0 Å². The van der Waals surface area contributed by atoms with Gasteiger partial charge in [0.2, 0.25) is 0 Å². The number of rotatable bonds is 7. The van der Waals surface area contributed by atoms with Crippen molar-refractivity contribution in [2.45, 2.75) is 33.1 Å². The molecule has 0 aromatic heterocycles. The second-order valence-electron chi connectivity index (χ2n) is 3.13. The van der Waals surface area contributed by atoms with Gasteiger partial charge >= 0.3 is 0 Å². The van der Waals surface area contributed by atoms with E-state index < -0.39 is 0 Å². The van der Waals surface area contributed by atoms with E-state index >= 15 is 0 Å². The number of hydrogen-bond acceptors (Lipinski definition) is 3. The zero-order valence-electron chi connectivity index (χ0n) is 8.66. The van der Waals surface area contributed by atoms with Crippen LogP contribution in [0.5, 0.6) is 0 Å². The summed E-state index contributed by atoms with van der Waals surface area (Å²) in [7, 11) is 0. The third-order valence-corrected chi connectivity index (χ3v) is 2.02. The predicted molar refractivity (Wildman–Crippen MR) is 55.0 cm³/mol. The minimum atomic E-state index is 0.326. The second kappa shape index (κ2) is 7.86. The van der Waals surface area contributed by atoms with Gasteiger partial charge in [-0.25, -0.2) is 0 Å². The Morgan fingerprint density at radius 1 is 1.38 bits per heavy atom. The van der Waals surface area contributed by atoms with Gasteiger partial charge in [-0.05, 0) is 32.5 Å². The fraction of sp³-hybridized carbons (Fsp3) is 0.889. The summed E-state index contributed by atoms with van der Waals surface area (Å²) in [6, 6.07) is 0. The lowest BCUT2D eigenvalue weighted by Gasteiger charge is -2.18. The number of nitrogens with zero attached hydrogens (tertiary/aromatic N) is 2. The first-order valence-corrected chi connectivity index (χ1v) is 4.93. The van der Waals surface area contributed by atoms with Gasteiger partial charge in [0, 0.05) is 6.42 Å². The second-order valence-corrected chi connectivity index (χ2v) is 3.13. The Kier molecular flexibility index (Phi) is 7.39. The minimum Gasteiger partial charge on any atom is -0.409 e. The molecule has 3 N–H and O–H groups in total. The molecule has 4 nitrogen and oxygen atoms in total. The maximum absolute atomic E-state index is 8.31. The first kappa shape index (κ1) is 12.2. The fourth-order valence-electron chi connectivity index (χ4n) is 1.28. The lowest BCUT2D eigenvalue weighted by Crippen LogP contribution is -2.26. The van der Waals surface area contributed by atoms with Crippen LogP contribution in [0.25, 0.3) is 0 Å². The number of hydrogen-bond donors (Lipinski definition) is 2. The van der Waals surface area contributed by atoms with Crippen LogP contribution in [0.4, 0.5) is 0 Å². The van der Waals surface area contributed by atoms with Crippen LogP contribution in [0, 0.1) is 0 Å². The molecule has 0 rings (SSSR count). The van der Waals surface area contributed by atoms with Gasteiger partial charge in [-0.15, -0.1) is 0 Å². The van der Waals surface area contributed by atoms with E-state index in [9.17, 15) is 0 Å². The van der Waals surface area contributed by atoms with Gasteiger partial charge in [-0.3, -0.25) is 0 Å². The van der Waals surface area contributed by atoms with E-state index in [1.807, 2.05) is 0 Å². The molecule has 0 aliphatic carbocycles. The summed E-state index contributed by atoms with van der Waals surface area (Å²) in [5, 5.41) is 11.2. The minimum absolute atomic E-state index is 0.326. The van der Waals surface area contributed by atoms with Crippen LogP contribution in [0.3, 0.4) is 0 Å². The average molecular weight is 187 g/mol. The molecule has 13 heavy (non-hydrogen) atoms. The van der Waals surface area contributed by atoms with Gasteiger partial charge in [0.05, 0.1) is 0 Å². The molecular formula is C9H21N3O. The zero-order chi connectivity index (χ0) is 10.1. The number of amidine groups is 1. The van der Waals surface area contributed by atoms with Crippen molar-refractivity contribution in [1.82, 2.24) is 4.90 Å². The molecule has 0 heterocycles. The summed E-state index contributed by atoms with van der Waals surface area (Å²) in [5.41, 5.74) is 5.36. The number of oxime groups is 1. The summed E-state index contributed by atoms with van der Waals surface area (Å²) < 4.78 is 0. The van der Waals surface area contributed by atoms with E-state index in [2.05, 4.69) is 23.9 Å². The van der Waals surface area contributed by atoms with Gasteiger partial charge in [0.25, 0.3) is 0 Å². The van der Waals surface area contributed by atoms with Gasteiger partial charge in [0.1, 0.15) is 5.84 Å². The van der Waals surface area contributed by atoms with E-state index in [1.165, 1.54) is 6.42 Å². The van der Waals surface area contributed by atoms with Crippen molar-refractivity contribution in [1.29, 1.82) is 0 Å². The molecule has 0 saturated heterocycles. The van der Waals surface area contributed by atoms with Crippen LogP contribution in [-0.2, 0) is 0 Å². The third-order valence-electron chi connectivity index (χ3n) is 2.02. The van der Waals surface area contributed by atoms with Gasteiger partial charge in [-0.1, -0.05) is 19.0 Å². The van der Waals surface area contributed by atoms with Crippen LogP contribution in [0.2, 0.25) is 0 Å². The normalized spacial score (nSPS) is 12.4. The SMILES string of the molecule is CCCN(CC)CCC/C(N)=N/O. The summed E-state index contributed by atoms with van der Waals surface area (Å²) in [4.78, 5) is 2.37. The highest BCUT2D eigenvalue weighted by Gasteiger charge is 2.00. The molecule has 0 aliphatic rings. The molecule has 0 fully saturated rings. The van der Waals surface area contributed by atoms with Crippen molar-refractivity contribution in [3.63, 3.8) is 0 Å². The van der Waals surface area contributed by atoms with Crippen molar-refractivity contribution in [3.05, 3.63) is 0 Å². The Morgan fingerprint density at radius 2 is 2.08 bits per heavy atom. The molecule has 0 radical (unpaired) electrons. The van der Waals surface area contributed by atoms with Gasteiger partial charge < -0.3 is 15.8 Å². The Labute approximate surface area is 80.4 Å². The molecule has 0 bridgehead atoms. The third kappa shape index (κ3) is 6.40. The lowest BCUT2D eigenvalue weighted by molar-refractivity contribution is 0.285. The topological polar surface area (TPSA) is 61.8 Å². The smallest absolute Gasteiger partial charge is 0.139 e. The van der Waals surface area contributed by atoms with Crippen LogP contribution in [0.15, 0.2) is 5.16 Å². The first-order valence-electron chi connectivity index (χ1n) is 4.93. The zero-order valence-corrected chi connectivity index (χ0v) is 8.66. The van der Waals surface area contributed by atoms with E-state index in [4.69, 9.17) is 10.9 Å². The number of nitrogens with two attached hydrogens (primary N) is 1. The van der Waals surface area contributed by atoms with Crippen LogP contribution >= 0.6 is 0 Å². The van der Waals surface area contributed by atoms with Crippen molar-refractivity contribution >= 4 is 5.84 Å². The van der Waals surface area contributed by atoms with E-state index in [0.717, 1.165) is 26.1 Å². The summed E-state index contributed by atoms with van der Waals surface area (Å²) in [5.74, 6) is 0.326. The molecule has 0 aromatic carbocycles. The molecule has 0 aliphatic heterocycles. The highest BCUT2D eigenvalue weighted by molar-refractivity contribution is 5.79. The Balaban J connectivity index is 3.48. The van der Waals surface area contributed by atoms with Crippen molar-refractivity contribution in [2.24, 2.45) is 10.9 Å². The maximum atomic E-state index is 8.31. The van der Waals surface area contributed by atoms with E-state index in [1.54, 1.807) is 0 Å². The molecular weight excluding hydrogens is 166 g/mol. The molecule has 0 amide bonds. The Bertz CT molecular complexity index is 148. The summed E-state index contributed by atoms with van der Waals surface area (Å²) >= 11 is 0. The summed E-state index contributed by atoms with van der Waals surface area (Å²) in [6.07, 6.45) is 2.82. The molecule has 0 spiro atoms. The van der Waals surface area contributed by atoms with Gasteiger partial charge in [0.15, 0.2) is 0 Å². The molecule has 4 heteroatoms. The maximum Gasteiger partial charge on any atom is 0.139 e. The molecule has 0 saturated carbocycles. The van der Waals surface area contributed by atoms with Gasteiger partial charge in [-0.2, -0.15) is 0 Å². The molecule has 0 aromatic rings. The van der Waals surface area contributed by atoms with E-state index in [0.29, 0.717) is 12.3 Å². The summed E-state index contributed by atoms with van der Waals surface area (Å²) in [6.45, 7) is 7.56. The molecule has 0 atom stereocenters. The van der Waals surface area contributed by atoms with E-state index in [-0.39, 0.29) is 0 Å². The molecule has 0 unspecified atom stereocenters. The lowest BCUT2D eigenvalue weighted by atomic mass is 10.2. The van der Waals surface area contributed by atoms with Crippen LogP contribution < -0.4 is 5.73 Å². The highest BCUT2D eigenvalue weighted by Crippen LogP contribution is 1.96. The average Bonchev–Trinajstić information content (AvgIpc) is 2.16. The predicted octanol–water partition coefficient (Wildman–Crippen LogP) is 1.24. The Morgan fingerprint density at radius 3 is 2.54 bits per heavy atom. The van der Waals surface area contributed by atoms with Crippen LogP contribution in [-0.4, -0.2) is 35.6 Å². The monoisotopic (exact) mass is 187 g/mol.